The van der Waals surface area contributed by atoms with Crippen LogP contribution in [0.25, 0.3) is 11.1 Å². The van der Waals surface area contributed by atoms with Crippen LogP contribution in [-0.2, 0) is 4.79 Å². The highest BCUT2D eigenvalue weighted by Crippen LogP contribution is 2.32. The van der Waals surface area contributed by atoms with E-state index in [-0.39, 0.29) is 5.92 Å². The van der Waals surface area contributed by atoms with Gasteiger partial charge in [0.15, 0.2) is 0 Å². The first-order chi connectivity index (χ1) is 9.60. The number of hydrogen-bond acceptors (Lipinski definition) is 5. The molecule has 1 atom stereocenters. The second-order valence-corrected chi connectivity index (χ2v) is 5.54. The Morgan fingerprint density at radius 3 is 2.85 bits per heavy atom. The second-order valence-electron chi connectivity index (χ2n) is 5.54. The van der Waals surface area contributed by atoms with Gasteiger partial charge in [-0.3, -0.25) is 0 Å². The van der Waals surface area contributed by atoms with Crippen LogP contribution in [0.1, 0.15) is 30.0 Å². The number of piperidine rings is 1. The lowest BCUT2D eigenvalue weighted by atomic mass is 9.99. The van der Waals surface area contributed by atoms with Crippen LogP contribution < -0.4 is 4.90 Å². The van der Waals surface area contributed by atoms with Crippen LogP contribution in [0.4, 0.5) is 5.82 Å². The van der Waals surface area contributed by atoms with Crippen molar-refractivity contribution in [2.45, 2.75) is 33.6 Å². The Labute approximate surface area is 118 Å². The number of fused-ring (bicyclic) bond motifs is 1. The van der Waals surface area contributed by atoms with E-state index in [1.165, 1.54) is 0 Å². The monoisotopic (exact) mass is 273 g/mol. The first-order valence-corrected chi connectivity index (χ1v) is 7.04. The minimum Gasteiger partial charge on any atom is -0.443 e. The van der Waals surface area contributed by atoms with Crippen LogP contribution in [0, 0.1) is 26.7 Å². The van der Waals surface area contributed by atoms with Crippen molar-refractivity contribution in [3.63, 3.8) is 0 Å². The summed E-state index contributed by atoms with van der Waals surface area (Å²) < 4.78 is 5.72. The molecule has 3 heterocycles. The average Bonchev–Trinajstić information content (AvgIpc) is 2.73. The SMILES string of the molecule is Cc1nc(N2CCCC(C=O)C2)c2c(C)c(C)oc2n1. The molecule has 0 amide bonds. The van der Waals surface area contributed by atoms with Gasteiger partial charge in [-0.2, -0.15) is 4.98 Å². The topological polar surface area (TPSA) is 59.2 Å². The summed E-state index contributed by atoms with van der Waals surface area (Å²) in [6.45, 7) is 7.51. The van der Waals surface area contributed by atoms with Gasteiger partial charge >= 0.3 is 0 Å². The zero-order valence-electron chi connectivity index (χ0n) is 12.1. The van der Waals surface area contributed by atoms with Crippen molar-refractivity contribution in [2.75, 3.05) is 18.0 Å². The van der Waals surface area contributed by atoms with Crippen LogP contribution in [-0.4, -0.2) is 29.3 Å². The van der Waals surface area contributed by atoms with Crippen molar-refractivity contribution in [3.05, 3.63) is 17.1 Å². The average molecular weight is 273 g/mol. The third-order valence-corrected chi connectivity index (χ3v) is 4.07. The summed E-state index contributed by atoms with van der Waals surface area (Å²) in [7, 11) is 0. The van der Waals surface area contributed by atoms with Crippen molar-refractivity contribution in [2.24, 2.45) is 5.92 Å². The summed E-state index contributed by atoms with van der Waals surface area (Å²) in [5.41, 5.74) is 1.74. The lowest BCUT2D eigenvalue weighted by Gasteiger charge is -2.31. The lowest BCUT2D eigenvalue weighted by Crippen LogP contribution is -2.36. The van der Waals surface area contributed by atoms with Gasteiger partial charge in [0.05, 0.1) is 5.39 Å². The molecule has 0 saturated carbocycles. The van der Waals surface area contributed by atoms with Gasteiger partial charge in [0, 0.05) is 24.6 Å². The minimum absolute atomic E-state index is 0.0994. The van der Waals surface area contributed by atoms with E-state index >= 15 is 0 Å². The van der Waals surface area contributed by atoms with Crippen LogP contribution in [0.5, 0.6) is 0 Å². The van der Waals surface area contributed by atoms with Gasteiger partial charge in [0.1, 0.15) is 23.7 Å². The molecule has 5 nitrogen and oxygen atoms in total. The Balaban J connectivity index is 2.12. The summed E-state index contributed by atoms with van der Waals surface area (Å²) in [5.74, 6) is 2.59. The van der Waals surface area contributed by atoms with E-state index in [2.05, 4.69) is 14.9 Å². The Morgan fingerprint density at radius 1 is 1.30 bits per heavy atom. The van der Waals surface area contributed by atoms with Crippen LogP contribution in [0.15, 0.2) is 4.42 Å². The summed E-state index contributed by atoms with van der Waals surface area (Å²) >= 11 is 0. The first kappa shape index (κ1) is 13.1. The predicted octanol–water partition coefficient (Wildman–Crippen LogP) is 2.56. The highest BCUT2D eigenvalue weighted by atomic mass is 16.3. The summed E-state index contributed by atoms with van der Waals surface area (Å²) in [4.78, 5) is 22.2. The van der Waals surface area contributed by atoms with E-state index in [0.717, 1.165) is 54.7 Å². The van der Waals surface area contributed by atoms with Gasteiger partial charge in [-0.05, 0) is 33.6 Å². The van der Waals surface area contributed by atoms with E-state index in [0.29, 0.717) is 11.5 Å². The number of hydrogen-bond donors (Lipinski definition) is 0. The Morgan fingerprint density at radius 2 is 2.10 bits per heavy atom. The molecule has 1 saturated heterocycles. The summed E-state index contributed by atoms with van der Waals surface area (Å²) in [6.07, 6.45) is 3.05. The van der Waals surface area contributed by atoms with E-state index in [1.54, 1.807) is 0 Å². The molecule has 0 N–H and O–H groups in total. The molecule has 2 aromatic heterocycles. The van der Waals surface area contributed by atoms with Crippen molar-refractivity contribution in [1.82, 2.24) is 9.97 Å². The first-order valence-electron chi connectivity index (χ1n) is 7.04. The predicted molar refractivity (Wildman–Crippen MR) is 77.0 cm³/mol. The molecular weight excluding hydrogens is 254 g/mol. The Bertz CT molecular complexity index is 663. The third kappa shape index (κ3) is 2.07. The van der Waals surface area contributed by atoms with Gasteiger partial charge in [-0.1, -0.05) is 0 Å². The third-order valence-electron chi connectivity index (χ3n) is 4.07. The molecule has 0 aliphatic carbocycles. The fraction of sp³-hybridized carbons (Fsp3) is 0.533. The van der Waals surface area contributed by atoms with Crippen molar-refractivity contribution < 1.29 is 9.21 Å². The number of aromatic nitrogens is 2. The lowest BCUT2D eigenvalue weighted by molar-refractivity contribution is -0.111. The van der Waals surface area contributed by atoms with E-state index < -0.39 is 0 Å². The molecule has 3 rings (SSSR count). The van der Waals surface area contributed by atoms with Crippen molar-refractivity contribution >= 4 is 23.2 Å². The molecule has 0 spiro atoms. The number of aldehydes is 1. The van der Waals surface area contributed by atoms with Crippen LogP contribution >= 0.6 is 0 Å². The number of anilines is 1. The molecule has 0 aromatic carbocycles. The quantitative estimate of drug-likeness (QED) is 0.787. The number of aryl methyl sites for hydroxylation is 3. The molecule has 5 heteroatoms. The van der Waals surface area contributed by atoms with Crippen molar-refractivity contribution in [1.29, 1.82) is 0 Å². The van der Waals surface area contributed by atoms with Gasteiger partial charge in [0.2, 0.25) is 5.71 Å². The van der Waals surface area contributed by atoms with E-state index in [4.69, 9.17) is 4.42 Å². The molecule has 1 aliphatic rings. The number of furan rings is 1. The van der Waals surface area contributed by atoms with E-state index in [9.17, 15) is 4.79 Å². The molecule has 1 fully saturated rings. The Hall–Kier alpha value is -1.91. The number of rotatable bonds is 2. The smallest absolute Gasteiger partial charge is 0.231 e. The normalized spacial score (nSPS) is 19.6. The maximum atomic E-state index is 11.1. The molecule has 20 heavy (non-hydrogen) atoms. The number of nitrogens with zero attached hydrogens (tertiary/aromatic N) is 3. The molecule has 106 valence electrons. The van der Waals surface area contributed by atoms with Crippen molar-refractivity contribution in [3.8, 4) is 0 Å². The maximum Gasteiger partial charge on any atom is 0.231 e. The summed E-state index contributed by atoms with van der Waals surface area (Å²) in [5, 5.41) is 0.986. The maximum absolute atomic E-state index is 11.1. The highest BCUT2D eigenvalue weighted by molar-refractivity contribution is 5.90. The highest BCUT2D eigenvalue weighted by Gasteiger charge is 2.24. The Kier molecular flexibility index (Phi) is 3.20. The molecule has 2 aromatic rings. The van der Waals surface area contributed by atoms with Gasteiger partial charge in [0.25, 0.3) is 0 Å². The van der Waals surface area contributed by atoms with Gasteiger partial charge in [-0.25, -0.2) is 4.98 Å². The molecule has 0 bridgehead atoms. The molecule has 1 unspecified atom stereocenters. The van der Waals surface area contributed by atoms with Gasteiger partial charge < -0.3 is 14.1 Å². The number of carbonyl (C=O) groups is 1. The van der Waals surface area contributed by atoms with E-state index in [1.807, 2.05) is 20.8 Å². The molecular formula is C15H19N3O2. The van der Waals surface area contributed by atoms with Crippen LogP contribution in [0.3, 0.4) is 0 Å². The minimum atomic E-state index is 0.0994. The number of carbonyl (C=O) groups excluding carboxylic acids is 1. The zero-order valence-corrected chi connectivity index (χ0v) is 12.1. The summed E-state index contributed by atoms with van der Waals surface area (Å²) in [6, 6.07) is 0. The van der Waals surface area contributed by atoms with Gasteiger partial charge in [-0.15, -0.1) is 0 Å². The fourth-order valence-corrected chi connectivity index (χ4v) is 2.87. The standard InChI is InChI=1S/C15H19N3O2/c1-9-10(2)20-15-13(9)14(16-11(3)17-15)18-6-4-5-12(7-18)8-19/h8,12H,4-7H2,1-3H3. The fourth-order valence-electron chi connectivity index (χ4n) is 2.87. The second kappa shape index (κ2) is 4.89. The largest absolute Gasteiger partial charge is 0.443 e. The molecule has 1 aliphatic heterocycles. The molecule has 0 radical (unpaired) electrons. The van der Waals surface area contributed by atoms with Crippen LogP contribution in [0.2, 0.25) is 0 Å². The zero-order chi connectivity index (χ0) is 14.3.